The van der Waals surface area contributed by atoms with Gasteiger partial charge >= 0.3 is 6.01 Å². The lowest BCUT2D eigenvalue weighted by atomic mass is 10.0. The fraction of sp³-hybridized carbons (Fsp3) is 0.375. The van der Waals surface area contributed by atoms with Gasteiger partial charge in [0.1, 0.15) is 0 Å². The number of nitrogens with zero attached hydrogens (tertiary/aromatic N) is 2. The molecule has 4 rings (SSSR count). The van der Waals surface area contributed by atoms with Crippen molar-refractivity contribution in [1.82, 2.24) is 20.3 Å². The molecule has 8 heteroatoms. The molecule has 0 amide bonds. The topological polar surface area (TPSA) is 122 Å². The third kappa shape index (κ3) is 5.26. The molecule has 5 N–H and O–H groups in total. The lowest BCUT2D eigenvalue weighted by Crippen LogP contribution is -2.17. The fourth-order valence-corrected chi connectivity index (χ4v) is 3.34. The number of ether oxygens (including phenoxy) is 2. The average molecular weight is 437 g/mol. The number of anilines is 1. The van der Waals surface area contributed by atoms with Crippen molar-refractivity contribution in [2.24, 2.45) is 0 Å². The van der Waals surface area contributed by atoms with Crippen LogP contribution in [0.4, 0.5) is 5.69 Å². The van der Waals surface area contributed by atoms with Crippen LogP contribution >= 0.6 is 0 Å². The summed E-state index contributed by atoms with van der Waals surface area (Å²) in [7, 11) is 1.66. The minimum absolute atomic E-state index is 0.338. The summed E-state index contributed by atoms with van der Waals surface area (Å²) in [4.78, 5) is 12.1. The van der Waals surface area contributed by atoms with E-state index in [1.165, 1.54) is 19.1 Å². The highest BCUT2D eigenvalue weighted by molar-refractivity contribution is 6.08. The van der Waals surface area contributed by atoms with Crippen LogP contribution in [0.15, 0.2) is 24.4 Å². The van der Waals surface area contributed by atoms with Gasteiger partial charge in [-0.25, -0.2) is 4.98 Å². The largest absolute Gasteiger partial charge is 0.463 e. The number of nitrogens with one attached hydrogen (secondary N) is 3. The highest BCUT2D eigenvalue weighted by atomic mass is 16.5. The van der Waals surface area contributed by atoms with Crippen LogP contribution in [-0.4, -0.2) is 41.5 Å². The Labute approximate surface area is 188 Å². The first kappa shape index (κ1) is 23.3. The second-order valence-electron chi connectivity index (χ2n) is 7.48. The molecule has 0 fully saturated rings. The third-order valence-electron chi connectivity index (χ3n) is 5.18. The molecule has 0 radical (unpaired) electrons. The van der Waals surface area contributed by atoms with Gasteiger partial charge < -0.3 is 30.9 Å². The molecule has 3 aromatic rings. The fourth-order valence-electron chi connectivity index (χ4n) is 3.34. The SMILES string of the molecule is CCCC.COCCCOc1nccc(C2=Cc3c([nH]c4ccc(N)c(C=N)c34)CN2)n1. The van der Waals surface area contributed by atoms with Crippen molar-refractivity contribution in [3.05, 3.63) is 46.9 Å². The van der Waals surface area contributed by atoms with Crippen LogP contribution in [0.25, 0.3) is 22.7 Å². The van der Waals surface area contributed by atoms with Crippen LogP contribution in [0.1, 0.15) is 55.6 Å². The zero-order valence-electron chi connectivity index (χ0n) is 19.0. The van der Waals surface area contributed by atoms with Crippen LogP contribution in [0.5, 0.6) is 6.01 Å². The Kier molecular flexibility index (Phi) is 8.21. The summed E-state index contributed by atoms with van der Waals surface area (Å²) in [6.07, 6.45) is 8.43. The van der Waals surface area contributed by atoms with E-state index in [2.05, 4.69) is 34.1 Å². The molecule has 0 saturated carbocycles. The highest BCUT2D eigenvalue weighted by Crippen LogP contribution is 2.33. The number of fused-ring (bicyclic) bond motifs is 3. The van der Waals surface area contributed by atoms with Gasteiger partial charge in [0.15, 0.2) is 0 Å². The molecule has 0 spiro atoms. The van der Waals surface area contributed by atoms with Crippen molar-refractivity contribution in [2.45, 2.75) is 39.7 Å². The Morgan fingerprint density at radius 2 is 2.00 bits per heavy atom. The number of aromatic amines is 1. The molecule has 1 aromatic carbocycles. The van der Waals surface area contributed by atoms with Gasteiger partial charge in [-0.1, -0.05) is 26.7 Å². The smallest absolute Gasteiger partial charge is 0.316 e. The molecule has 2 aromatic heterocycles. The van der Waals surface area contributed by atoms with Gasteiger partial charge in [0.2, 0.25) is 0 Å². The van der Waals surface area contributed by atoms with Gasteiger partial charge in [0, 0.05) is 66.0 Å². The lowest BCUT2D eigenvalue weighted by Gasteiger charge is -2.16. The standard InChI is InChI=1S/C20H22N6O2.C4H10/c1-27-7-2-8-28-20-23-6-5-15(26-20)17-9-12-18(11-24-17)25-16-4-3-14(22)13(10-21)19(12)16;1-3-4-2/h3-6,9-10,21,24-25H,2,7-8,11,22H2,1H3;3-4H2,1-2H3. The van der Waals surface area contributed by atoms with E-state index in [4.69, 9.17) is 20.6 Å². The van der Waals surface area contributed by atoms with Gasteiger partial charge in [-0.2, -0.15) is 4.98 Å². The molecule has 8 nitrogen and oxygen atoms in total. The van der Waals surface area contributed by atoms with E-state index in [-0.39, 0.29) is 0 Å². The number of hydrogen-bond acceptors (Lipinski definition) is 7. The number of nitrogen functional groups attached to an aromatic ring is 1. The zero-order chi connectivity index (χ0) is 22.9. The summed E-state index contributed by atoms with van der Waals surface area (Å²) in [6.45, 7) is 6.12. The van der Waals surface area contributed by atoms with Crippen molar-refractivity contribution in [3.8, 4) is 6.01 Å². The molecule has 1 aliphatic heterocycles. The third-order valence-corrected chi connectivity index (χ3v) is 5.18. The van der Waals surface area contributed by atoms with Crippen molar-refractivity contribution >= 4 is 34.6 Å². The minimum atomic E-state index is 0.338. The Balaban J connectivity index is 0.000000668. The summed E-state index contributed by atoms with van der Waals surface area (Å²) in [5.41, 5.74) is 12.0. The Hall–Kier alpha value is -3.39. The molecule has 32 heavy (non-hydrogen) atoms. The predicted molar refractivity (Wildman–Crippen MR) is 130 cm³/mol. The van der Waals surface area contributed by atoms with Gasteiger partial charge in [-0.3, -0.25) is 0 Å². The Bertz CT molecular complexity index is 1090. The maximum Gasteiger partial charge on any atom is 0.316 e. The summed E-state index contributed by atoms with van der Waals surface area (Å²) in [6, 6.07) is 5.94. The zero-order valence-corrected chi connectivity index (χ0v) is 19.0. The van der Waals surface area contributed by atoms with Crippen LogP contribution in [-0.2, 0) is 11.3 Å². The lowest BCUT2D eigenvalue weighted by molar-refractivity contribution is 0.168. The molecule has 0 aliphatic carbocycles. The molecular formula is C24H32N6O2. The highest BCUT2D eigenvalue weighted by Gasteiger charge is 2.20. The van der Waals surface area contributed by atoms with Crippen molar-refractivity contribution in [2.75, 3.05) is 26.1 Å². The number of methoxy groups -OCH3 is 1. The number of benzene rings is 1. The number of unbranched alkanes of at least 4 members (excludes halogenated alkanes) is 1. The van der Waals surface area contributed by atoms with E-state index in [9.17, 15) is 0 Å². The van der Waals surface area contributed by atoms with Crippen LogP contribution in [0.3, 0.4) is 0 Å². The van der Waals surface area contributed by atoms with E-state index in [0.29, 0.717) is 31.5 Å². The van der Waals surface area contributed by atoms with Gasteiger partial charge in [-0.15, -0.1) is 0 Å². The quantitative estimate of drug-likeness (QED) is 0.236. The van der Waals surface area contributed by atoms with E-state index in [1.54, 1.807) is 13.3 Å². The van der Waals surface area contributed by atoms with E-state index in [0.717, 1.165) is 45.5 Å². The molecule has 0 atom stereocenters. The Morgan fingerprint density at radius 1 is 1.19 bits per heavy atom. The summed E-state index contributed by atoms with van der Waals surface area (Å²) in [5.74, 6) is 0. The first-order valence-electron chi connectivity index (χ1n) is 11.0. The number of aromatic nitrogens is 3. The van der Waals surface area contributed by atoms with Crippen LogP contribution in [0, 0.1) is 5.41 Å². The molecule has 3 heterocycles. The van der Waals surface area contributed by atoms with Gasteiger partial charge in [0.25, 0.3) is 0 Å². The average Bonchev–Trinajstić information content (AvgIpc) is 3.20. The minimum Gasteiger partial charge on any atom is -0.463 e. The van der Waals surface area contributed by atoms with Crippen molar-refractivity contribution in [1.29, 1.82) is 5.41 Å². The first-order valence-corrected chi connectivity index (χ1v) is 11.0. The molecule has 0 bridgehead atoms. The summed E-state index contributed by atoms with van der Waals surface area (Å²) in [5, 5.41) is 12.1. The number of hydrogen-bond donors (Lipinski definition) is 4. The molecule has 0 unspecified atom stereocenters. The van der Waals surface area contributed by atoms with Crippen molar-refractivity contribution in [3.63, 3.8) is 0 Å². The van der Waals surface area contributed by atoms with E-state index in [1.807, 2.05) is 24.3 Å². The maximum absolute atomic E-state index is 7.76. The molecule has 0 saturated heterocycles. The maximum atomic E-state index is 7.76. The van der Waals surface area contributed by atoms with Crippen LogP contribution < -0.4 is 15.8 Å². The number of nitrogens with two attached hydrogens (primary N) is 1. The summed E-state index contributed by atoms with van der Waals surface area (Å²) >= 11 is 0. The second-order valence-corrected chi connectivity index (χ2v) is 7.48. The van der Waals surface area contributed by atoms with E-state index >= 15 is 0 Å². The molecule has 1 aliphatic rings. The monoisotopic (exact) mass is 436 g/mol. The normalized spacial score (nSPS) is 12.3. The number of H-pyrrole nitrogens is 1. The van der Waals surface area contributed by atoms with E-state index < -0.39 is 0 Å². The van der Waals surface area contributed by atoms with Crippen LogP contribution in [0.2, 0.25) is 0 Å². The predicted octanol–water partition coefficient (Wildman–Crippen LogP) is 4.36. The molecular weight excluding hydrogens is 404 g/mol. The Morgan fingerprint density at radius 3 is 2.72 bits per heavy atom. The number of rotatable bonds is 8. The molecule has 170 valence electrons. The van der Waals surface area contributed by atoms with Gasteiger partial charge in [0.05, 0.1) is 24.5 Å². The second kappa shape index (κ2) is 11.3. The first-order chi connectivity index (χ1) is 15.6. The van der Waals surface area contributed by atoms with Crippen molar-refractivity contribution < 1.29 is 9.47 Å². The van der Waals surface area contributed by atoms with Gasteiger partial charge in [-0.05, 0) is 24.3 Å². The summed E-state index contributed by atoms with van der Waals surface area (Å²) < 4.78 is 10.6.